The van der Waals surface area contributed by atoms with Crippen molar-refractivity contribution in [3.8, 4) is 11.8 Å². The van der Waals surface area contributed by atoms with Crippen molar-refractivity contribution < 1.29 is 0 Å². The molecule has 1 aliphatic heterocycles. The zero-order valence-corrected chi connectivity index (χ0v) is 9.40. The summed E-state index contributed by atoms with van der Waals surface area (Å²) in [4.78, 5) is 6.67. The predicted molar refractivity (Wildman–Crippen MR) is 60.1 cm³/mol. The summed E-state index contributed by atoms with van der Waals surface area (Å²) in [6.45, 7) is 8.16. The van der Waals surface area contributed by atoms with Crippen LogP contribution in [0.15, 0.2) is 12.4 Å². The Hall–Kier alpha value is -1.27. The van der Waals surface area contributed by atoms with Crippen LogP contribution in [0.1, 0.15) is 19.7 Å². The van der Waals surface area contributed by atoms with E-state index in [-0.39, 0.29) is 0 Å². The summed E-state index contributed by atoms with van der Waals surface area (Å²) in [7, 11) is 0. The van der Waals surface area contributed by atoms with E-state index < -0.39 is 0 Å². The third-order valence-corrected chi connectivity index (χ3v) is 2.52. The second kappa shape index (κ2) is 4.50. The fourth-order valence-corrected chi connectivity index (χ4v) is 1.72. The zero-order chi connectivity index (χ0) is 10.7. The summed E-state index contributed by atoms with van der Waals surface area (Å²) in [6.07, 6.45) is 3.92. The third kappa shape index (κ3) is 2.60. The molecule has 15 heavy (non-hydrogen) atoms. The molecule has 0 N–H and O–H groups in total. The van der Waals surface area contributed by atoms with Crippen molar-refractivity contribution in [2.45, 2.75) is 26.9 Å². The Morgan fingerprint density at radius 2 is 2.33 bits per heavy atom. The fraction of sp³-hybridized carbons (Fsp3) is 0.583. The molecule has 0 aliphatic carbocycles. The number of nitrogens with zero attached hydrogens (tertiary/aromatic N) is 3. The molecular formula is C12H17N3. The van der Waals surface area contributed by atoms with Gasteiger partial charge in [-0.15, -0.1) is 0 Å². The largest absolute Gasteiger partial charge is 0.333 e. The average molecular weight is 203 g/mol. The topological polar surface area (TPSA) is 21.1 Å². The number of imidazole rings is 1. The van der Waals surface area contributed by atoms with Gasteiger partial charge in [-0.2, -0.15) is 0 Å². The van der Waals surface area contributed by atoms with Crippen molar-refractivity contribution in [3.63, 3.8) is 0 Å². The molecule has 0 saturated heterocycles. The highest BCUT2D eigenvalue weighted by Crippen LogP contribution is 2.08. The molecular weight excluding hydrogens is 186 g/mol. The average Bonchev–Trinajstić information content (AvgIpc) is 2.64. The molecule has 0 fully saturated rings. The first kappa shape index (κ1) is 10.3. The van der Waals surface area contributed by atoms with Gasteiger partial charge in [-0.1, -0.05) is 25.7 Å². The second-order valence-electron chi connectivity index (χ2n) is 4.22. The number of rotatable bonds is 1. The number of aromatic nitrogens is 2. The Balaban J connectivity index is 1.91. The van der Waals surface area contributed by atoms with Gasteiger partial charge >= 0.3 is 0 Å². The van der Waals surface area contributed by atoms with Gasteiger partial charge in [0.15, 0.2) is 0 Å². The summed E-state index contributed by atoms with van der Waals surface area (Å²) in [5.74, 6) is 8.04. The van der Waals surface area contributed by atoms with E-state index in [0.717, 1.165) is 32.0 Å². The lowest BCUT2D eigenvalue weighted by Crippen LogP contribution is -2.33. The molecule has 2 rings (SSSR count). The molecule has 80 valence electrons. The molecule has 3 nitrogen and oxygen atoms in total. The molecule has 1 aliphatic rings. The Morgan fingerprint density at radius 3 is 3.13 bits per heavy atom. The van der Waals surface area contributed by atoms with E-state index in [1.807, 2.05) is 12.4 Å². The second-order valence-corrected chi connectivity index (χ2v) is 4.22. The highest BCUT2D eigenvalue weighted by molar-refractivity contribution is 5.05. The van der Waals surface area contributed by atoms with Crippen LogP contribution in [0.2, 0.25) is 0 Å². The van der Waals surface area contributed by atoms with Crippen molar-refractivity contribution in [2.75, 3.05) is 13.1 Å². The van der Waals surface area contributed by atoms with Gasteiger partial charge < -0.3 is 4.57 Å². The maximum absolute atomic E-state index is 4.32. The van der Waals surface area contributed by atoms with Gasteiger partial charge in [0, 0.05) is 31.4 Å². The standard InChI is InChI=1S/C12H17N3/c1-11(2)4-3-6-14-8-9-15-7-5-13-12(15)10-14/h5,7,11H,6,8-10H2,1-2H3. The Labute approximate surface area is 91.1 Å². The predicted octanol–water partition coefficient (Wildman–Crippen LogP) is 1.36. The van der Waals surface area contributed by atoms with Crippen LogP contribution in [0.25, 0.3) is 0 Å². The smallest absolute Gasteiger partial charge is 0.122 e. The van der Waals surface area contributed by atoms with Crippen molar-refractivity contribution >= 4 is 0 Å². The lowest BCUT2D eigenvalue weighted by Gasteiger charge is -2.25. The molecule has 0 spiro atoms. The first-order valence-corrected chi connectivity index (χ1v) is 5.46. The molecule has 0 unspecified atom stereocenters. The molecule has 1 aromatic heterocycles. The third-order valence-electron chi connectivity index (χ3n) is 2.52. The van der Waals surface area contributed by atoms with Gasteiger partial charge in [0.05, 0.1) is 13.1 Å². The quantitative estimate of drug-likeness (QED) is 0.643. The number of fused-ring (bicyclic) bond motifs is 1. The van der Waals surface area contributed by atoms with E-state index in [0.29, 0.717) is 5.92 Å². The van der Waals surface area contributed by atoms with Crippen LogP contribution in [0.5, 0.6) is 0 Å². The maximum atomic E-state index is 4.32. The van der Waals surface area contributed by atoms with Crippen LogP contribution in [-0.4, -0.2) is 27.5 Å². The van der Waals surface area contributed by atoms with Crippen molar-refractivity contribution in [2.24, 2.45) is 5.92 Å². The first-order valence-electron chi connectivity index (χ1n) is 5.46. The zero-order valence-electron chi connectivity index (χ0n) is 9.40. The molecule has 2 heterocycles. The Kier molecular flexibility index (Phi) is 3.08. The van der Waals surface area contributed by atoms with Gasteiger partial charge in [-0.25, -0.2) is 4.98 Å². The van der Waals surface area contributed by atoms with E-state index in [2.05, 4.69) is 40.1 Å². The summed E-state index contributed by atoms with van der Waals surface area (Å²) in [5.41, 5.74) is 0. The highest BCUT2D eigenvalue weighted by Gasteiger charge is 2.14. The highest BCUT2D eigenvalue weighted by atomic mass is 15.2. The minimum absolute atomic E-state index is 0.469. The molecule has 0 radical (unpaired) electrons. The van der Waals surface area contributed by atoms with Crippen molar-refractivity contribution in [1.29, 1.82) is 0 Å². The van der Waals surface area contributed by atoms with E-state index in [1.165, 1.54) is 0 Å². The van der Waals surface area contributed by atoms with Gasteiger partial charge in [-0.3, -0.25) is 4.90 Å². The lowest BCUT2D eigenvalue weighted by atomic mass is 10.2. The van der Waals surface area contributed by atoms with E-state index in [9.17, 15) is 0 Å². The van der Waals surface area contributed by atoms with Gasteiger partial charge in [0.1, 0.15) is 5.82 Å². The van der Waals surface area contributed by atoms with Gasteiger partial charge in [0.25, 0.3) is 0 Å². The van der Waals surface area contributed by atoms with Crippen LogP contribution in [0.3, 0.4) is 0 Å². The summed E-state index contributed by atoms with van der Waals surface area (Å²) >= 11 is 0. The fourth-order valence-electron chi connectivity index (χ4n) is 1.72. The van der Waals surface area contributed by atoms with Gasteiger partial charge in [0.2, 0.25) is 0 Å². The van der Waals surface area contributed by atoms with Crippen LogP contribution in [-0.2, 0) is 13.1 Å². The monoisotopic (exact) mass is 203 g/mol. The number of hydrogen-bond donors (Lipinski definition) is 0. The summed E-state index contributed by atoms with van der Waals surface area (Å²) < 4.78 is 2.21. The minimum atomic E-state index is 0.469. The summed E-state index contributed by atoms with van der Waals surface area (Å²) in [5, 5.41) is 0. The van der Waals surface area contributed by atoms with E-state index >= 15 is 0 Å². The minimum Gasteiger partial charge on any atom is -0.333 e. The Morgan fingerprint density at radius 1 is 1.47 bits per heavy atom. The molecule has 0 aromatic carbocycles. The molecule has 3 heteroatoms. The lowest BCUT2D eigenvalue weighted by molar-refractivity contribution is 0.243. The number of hydrogen-bond acceptors (Lipinski definition) is 2. The Bertz CT molecular complexity index is 381. The molecule has 1 aromatic rings. The van der Waals surface area contributed by atoms with Crippen molar-refractivity contribution in [1.82, 2.24) is 14.5 Å². The van der Waals surface area contributed by atoms with Crippen LogP contribution in [0.4, 0.5) is 0 Å². The van der Waals surface area contributed by atoms with Crippen LogP contribution in [0, 0.1) is 17.8 Å². The molecule has 0 amide bonds. The normalized spacial score (nSPS) is 15.9. The van der Waals surface area contributed by atoms with E-state index in [1.54, 1.807) is 0 Å². The molecule has 0 atom stereocenters. The summed E-state index contributed by atoms with van der Waals surface area (Å²) in [6, 6.07) is 0. The van der Waals surface area contributed by atoms with Crippen LogP contribution >= 0.6 is 0 Å². The molecule has 0 bridgehead atoms. The van der Waals surface area contributed by atoms with E-state index in [4.69, 9.17) is 0 Å². The SMILES string of the molecule is CC(C)C#CCN1CCn2ccnc2C1. The van der Waals surface area contributed by atoms with Crippen LogP contribution < -0.4 is 0 Å². The molecule has 0 saturated carbocycles. The van der Waals surface area contributed by atoms with Gasteiger partial charge in [-0.05, 0) is 0 Å². The maximum Gasteiger partial charge on any atom is 0.122 e. The first-order chi connectivity index (χ1) is 7.25. The van der Waals surface area contributed by atoms with Crippen molar-refractivity contribution in [3.05, 3.63) is 18.2 Å².